The fourth-order valence-corrected chi connectivity index (χ4v) is 2.45. The number of aliphatic hydroxyl groups excluding tert-OH is 1. The van der Waals surface area contributed by atoms with Crippen LogP contribution in [0.4, 0.5) is 10.5 Å². The molecule has 0 heterocycles. The number of methoxy groups -OCH3 is 1. The maximum absolute atomic E-state index is 12.0. The number of hydrogen-bond donors (Lipinski definition) is 3. The van der Waals surface area contributed by atoms with Crippen LogP contribution in [0.3, 0.4) is 0 Å². The van der Waals surface area contributed by atoms with E-state index in [4.69, 9.17) is 9.84 Å². The van der Waals surface area contributed by atoms with Crippen molar-refractivity contribution in [1.82, 2.24) is 5.32 Å². The van der Waals surface area contributed by atoms with Crippen molar-refractivity contribution in [2.45, 2.75) is 32.7 Å². The summed E-state index contributed by atoms with van der Waals surface area (Å²) in [5, 5.41) is 14.6. The predicted octanol–water partition coefficient (Wildman–Crippen LogP) is 3.05. The second-order valence-electron chi connectivity index (χ2n) is 4.52. The van der Waals surface area contributed by atoms with Crippen LogP contribution in [0.1, 0.15) is 25.3 Å². The summed E-state index contributed by atoms with van der Waals surface area (Å²) in [4.78, 5) is 12.0. The summed E-state index contributed by atoms with van der Waals surface area (Å²) in [6, 6.07) is 3.37. The highest BCUT2D eigenvalue weighted by Gasteiger charge is 2.14. The van der Waals surface area contributed by atoms with Gasteiger partial charge in [-0.25, -0.2) is 4.79 Å². The van der Waals surface area contributed by atoms with Crippen LogP contribution in [0.2, 0.25) is 0 Å². The molecule has 1 aromatic carbocycles. The molecule has 0 aliphatic heterocycles. The van der Waals surface area contributed by atoms with Crippen LogP contribution in [0.25, 0.3) is 0 Å². The average Bonchev–Trinajstić information content (AvgIpc) is 2.40. The summed E-state index contributed by atoms with van der Waals surface area (Å²) >= 11 is 3.39. The van der Waals surface area contributed by atoms with Crippen LogP contribution in [-0.2, 0) is 0 Å². The van der Waals surface area contributed by atoms with E-state index in [0.717, 1.165) is 16.5 Å². The molecule has 1 aromatic rings. The van der Waals surface area contributed by atoms with Crippen LogP contribution in [0, 0.1) is 6.92 Å². The molecular formula is C14H21BrN2O3. The number of carbonyl (C=O) groups is 1. The lowest BCUT2D eigenvalue weighted by Crippen LogP contribution is -2.38. The summed E-state index contributed by atoms with van der Waals surface area (Å²) in [6.45, 7) is 3.92. The monoisotopic (exact) mass is 344 g/mol. The van der Waals surface area contributed by atoms with E-state index in [9.17, 15) is 4.79 Å². The van der Waals surface area contributed by atoms with Gasteiger partial charge in [0.25, 0.3) is 0 Å². The molecule has 0 saturated carbocycles. The van der Waals surface area contributed by atoms with Crippen LogP contribution < -0.4 is 15.4 Å². The zero-order valence-electron chi connectivity index (χ0n) is 12.0. The number of nitrogens with one attached hydrogen (secondary N) is 2. The number of rotatable bonds is 6. The van der Waals surface area contributed by atoms with Gasteiger partial charge in [-0.1, -0.05) is 22.9 Å². The van der Waals surface area contributed by atoms with E-state index in [1.165, 1.54) is 0 Å². The molecule has 0 spiro atoms. The number of aliphatic hydroxyl groups is 1. The molecule has 0 radical (unpaired) electrons. The molecule has 112 valence electrons. The van der Waals surface area contributed by atoms with Crippen LogP contribution in [0.5, 0.6) is 5.75 Å². The van der Waals surface area contributed by atoms with Gasteiger partial charge in [0.05, 0.1) is 12.8 Å². The second kappa shape index (κ2) is 8.11. The van der Waals surface area contributed by atoms with Crippen LogP contribution in [0.15, 0.2) is 16.6 Å². The Balaban J connectivity index is 2.80. The van der Waals surface area contributed by atoms with E-state index < -0.39 is 0 Å². The van der Waals surface area contributed by atoms with Crippen molar-refractivity contribution < 1.29 is 14.6 Å². The standard InChI is InChI=1S/C14H21BrN2O3/c1-4-11(5-6-18)16-14(19)17-13-9(2)7-10(15)8-12(13)20-3/h7-8,11,18H,4-6H2,1-3H3,(H2,16,17,19). The molecule has 6 heteroatoms. The Labute approximate surface area is 127 Å². The number of urea groups is 1. The van der Waals surface area contributed by atoms with Gasteiger partial charge in [-0.15, -0.1) is 0 Å². The van der Waals surface area contributed by atoms with Gasteiger partial charge in [-0.2, -0.15) is 0 Å². The summed E-state index contributed by atoms with van der Waals surface area (Å²) in [6.07, 6.45) is 1.31. The van der Waals surface area contributed by atoms with Gasteiger partial charge in [-0.3, -0.25) is 0 Å². The molecule has 1 unspecified atom stereocenters. The van der Waals surface area contributed by atoms with Gasteiger partial charge in [0.2, 0.25) is 0 Å². The van der Waals surface area contributed by atoms with Crippen molar-refractivity contribution in [2.75, 3.05) is 19.0 Å². The van der Waals surface area contributed by atoms with Gasteiger partial charge in [-0.05, 0) is 37.5 Å². The molecule has 2 amide bonds. The first kappa shape index (κ1) is 16.8. The van der Waals surface area contributed by atoms with E-state index in [-0.39, 0.29) is 18.7 Å². The maximum Gasteiger partial charge on any atom is 0.319 e. The number of amides is 2. The fourth-order valence-electron chi connectivity index (χ4n) is 1.90. The Morgan fingerprint density at radius 2 is 2.20 bits per heavy atom. The highest BCUT2D eigenvalue weighted by Crippen LogP contribution is 2.31. The molecule has 1 rings (SSSR count). The first-order chi connectivity index (χ1) is 9.51. The number of carbonyl (C=O) groups excluding carboxylic acids is 1. The largest absolute Gasteiger partial charge is 0.495 e. The molecule has 3 N–H and O–H groups in total. The zero-order chi connectivity index (χ0) is 15.1. The third-order valence-corrected chi connectivity index (χ3v) is 3.49. The Hall–Kier alpha value is -1.27. The van der Waals surface area contributed by atoms with Crippen molar-refractivity contribution in [1.29, 1.82) is 0 Å². The van der Waals surface area contributed by atoms with Gasteiger partial charge in [0.1, 0.15) is 5.75 Å². The van der Waals surface area contributed by atoms with Crippen LogP contribution in [-0.4, -0.2) is 30.9 Å². The Morgan fingerprint density at radius 1 is 1.50 bits per heavy atom. The average molecular weight is 345 g/mol. The minimum absolute atomic E-state index is 0.0400. The molecular weight excluding hydrogens is 324 g/mol. The van der Waals surface area contributed by atoms with E-state index in [1.54, 1.807) is 13.2 Å². The molecule has 20 heavy (non-hydrogen) atoms. The highest BCUT2D eigenvalue weighted by molar-refractivity contribution is 9.10. The third-order valence-electron chi connectivity index (χ3n) is 3.03. The predicted molar refractivity (Wildman–Crippen MR) is 83.4 cm³/mol. The first-order valence-corrected chi connectivity index (χ1v) is 7.33. The number of benzene rings is 1. The molecule has 0 fully saturated rings. The quantitative estimate of drug-likeness (QED) is 0.742. The molecule has 1 atom stereocenters. The lowest BCUT2D eigenvalue weighted by atomic mass is 10.1. The summed E-state index contributed by atoms with van der Waals surface area (Å²) in [5.74, 6) is 0.599. The summed E-state index contributed by atoms with van der Waals surface area (Å²) in [7, 11) is 1.56. The summed E-state index contributed by atoms with van der Waals surface area (Å²) in [5.41, 5.74) is 1.55. The van der Waals surface area contributed by atoms with Crippen molar-refractivity contribution in [3.8, 4) is 5.75 Å². The normalized spacial score (nSPS) is 11.8. The van der Waals surface area contributed by atoms with Gasteiger partial charge in [0.15, 0.2) is 0 Å². The molecule has 0 bridgehead atoms. The minimum atomic E-state index is -0.297. The maximum atomic E-state index is 12.0. The zero-order valence-corrected chi connectivity index (χ0v) is 13.6. The van der Waals surface area contributed by atoms with E-state index in [0.29, 0.717) is 17.9 Å². The number of ether oxygens (including phenoxy) is 1. The number of anilines is 1. The van der Waals surface area contributed by atoms with Gasteiger partial charge >= 0.3 is 6.03 Å². The SMILES string of the molecule is CCC(CCO)NC(=O)Nc1c(C)cc(Br)cc1OC. The van der Waals surface area contributed by atoms with Gasteiger partial charge in [0, 0.05) is 17.1 Å². The van der Waals surface area contributed by atoms with E-state index in [1.807, 2.05) is 19.9 Å². The lowest BCUT2D eigenvalue weighted by molar-refractivity contribution is 0.237. The number of aryl methyl sites for hydroxylation is 1. The fraction of sp³-hybridized carbons (Fsp3) is 0.500. The molecule has 0 saturated heterocycles. The lowest BCUT2D eigenvalue weighted by Gasteiger charge is -2.18. The first-order valence-electron chi connectivity index (χ1n) is 6.54. The van der Waals surface area contributed by atoms with Crippen molar-refractivity contribution in [3.05, 3.63) is 22.2 Å². The van der Waals surface area contributed by atoms with Gasteiger partial charge < -0.3 is 20.5 Å². The smallest absolute Gasteiger partial charge is 0.319 e. The Kier molecular flexibility index (Phi) is 6.81. The Bertz CT molecular complexity index is 466. The van der Waals surface area contributed by atoms with E-state index in [2.05, 4.69) is 26.6 Å². The topological polar surface area (TPSA) is 70.6 Å². The number of hydrogen-bond acceptors (Lipinski definition) is 3. The Morgan fingerprint density at radius 3 is 2.75 bits per heavy atom. The molecule has 0 aliphatic rings. The highest BCUT2D eigenvalue weighted by atomic mass is 79.9. The van der Waals surface area contributed by atoms with Crippen LogP contribution >= 0.6 is 15.9 Å². The van der Waals surface area contributed by atoms with Crippen molar-refractivity contribution >= 4 is 27.6 Å². The second-order valence-corrected chi connectivity index (χ2v) is 5.43. The molecule has 0 aliphatic carbocycles. The van der Waals surface area contributed by atoms with Crippen molar-refractivity contribution in [3.63, 3.8) is 0 Å². The minimum Gasteiger partial charge on any atom is -0.495 e. The molecule has 5 nitrogen and oxygen atoms in total. The summed E-state index contributed by atoms with van der Waals surface area (Å²) < 4.78 is 6.17. The van der Waals surface area contributed by atoms with Crippen molar-refractivity contribution in [2.24, 2.45) is 0 Å². The van der Waals surface area contributed by atoms with E-state index >= 15 is 0 Å². The third kappa shape index (κ3) is 4.68. The molecule has 0 aromatic heterocycles. The number of halogens is 1.